The maximum Gasteiger partial charge on any atom is 0.563 e. The third kappa shape index (κ3) is 3.81. The normalized spacial score (nSPS) is 19.8. The summed E-state index contributed by atoms with van der Waals surface area (Å²) in [4.78, 5) is 4.94. The second kappa shape index (κ2) is 7.81. The van der Waals surface area contributed by atoms with Crippen LogP contribution in [-0.4, -0.2) is 18.9 Å². The maximum atomic E-state index is 6.53. The molecule has 0 N–H and O–H groups in total. The fourth-order valence-corrected chi connectivity index (χ4v) is 3.46. The number of benzene rings is 3. The third-order valence-electron chi connectivity index (χ3n) is 4.82. The molecular formula is C23H22BNO2. The van der Waals surface area contributed by atoms with Crippen LogP contribution in [0.3, 0.4) is 0 Å². The molecule has 2 atom stereocenters. The van der Waals surface area contributed by atoms with Gasteiger partial charge in [0.25, 0.3) is 0 Å². The number of rotatable bonds is 2. The zero-order valence-corrected chi connectivity index (χ0v) is 15.6. The molecule has 4 heteroatoms. The van der Waals surface area contributed by atoms with Crippen LogP contribution in [0, 0.1) is 0 Å². The van der Waals surface area contributed by atoms with Crippen molar-refractivity contribution in [1.29, 1.82) is 0 Å². The lowest BCUT2D eigenvalue weighted by atomic mass is 9.78. The Balaban J connectivity index is 1.82. The minimum Gasteiger partial charge on any atom is -0.532 e. The Labute approximate surface area is 160 Å². The summed E-state index contributed by atoms with van der Waals surface area (Å²) >= 11 is 0. The minimum atomic E-state index is -0.513. The van der Waals surface area contributed by atoms with Crippen LogP contribution in [0.4, 0.5) is 0 Å². The molecule has 0 unspecified atom stereocenters. The van der Waals surface area contributed by atoms with Gasteiger partial charge in [-0.05, 0) is 37.0 Å². The van der Waals surface area contributed by atoms with Crippen molar-refractivity contribution < 1.29 is 9.31 Å². The van der Waals surface area contributed by atoms with Crippen molar-refractivity contribution in [3.63, 3.8) is 0 Å². The van der Waals surface area contributed by atoms with E-state index >= 15 is 0 Å². The summed E-state index contributed by atoms with van der Waals surface area (Å²) in [6, 6.07) is 28.3. The smallest absolute Gasteiger partial charge is 0.532 e. The molecule has 3 aromatic rings. The van der Waals surface area contributed by atoms with Gasteiger partial charge in [-0.1, -0.05) is 72.8 Å². The molecule has 134 valence electrons. The van der Waals surface area contributed by atoms with Crippen LogP contribution in [0.2, 0.25) is 0 Å². The van der Waals surface area contributed by atoms with Gasteiger partial charge in [-0.15, -0.1) is 0 Å². The van der Waals surface area contributed by atoms with Gasteiger partial charge in [0.15, 0.2) is 0 Å². The summed E-state index contributed by atoms with van der Waals surface area (Å²) in [6.07, 6.45) is -0.208. The standard InChI is InChI=1S/C23H22BNO2/c1-17-21-15-9-10-16-22(21)26-24(20-13-7-4-8-14-20)27-23(18(2)25-17)19-11-5-3-6-12-19/h3-16,18,23H,1-2H3/t18-,23-/m0/s1. The van der Waals surface area contributed by atoms with Gasteiger partial charge in [0.05, 0.1) is 12.1 Å². The van der Waals surface area contributed by atoms with E-state index in [1.165, 1.54) is 0 Å². The topological polar surface area (TPSA) is 30.8 Å². The van der Waals surface area contributed by atoms with E-state index < -0.39 is 7.12 Å². The SMILES string of the molecule is CC1=N[C@@H](C)[C@@H](c2ccccc2)OB(c2ccccc2)Oc2ccccc21. The van der Waals surface area contributed by atoms with E-state index in [4.69, 9.17) is 14.3 Å². The van der Waals surface area contributed by atoms with Gasteiger partial charge in [0.2, 0.25) is 0 Å². The molecule has 27 heavy (non-hydrogen) atoms. The van der Waals surface area contributed by atoms with Crippen LogP contribution >= 0.6 is 0 Å². The van der Waals surface area contributed by atoms with Crippen molar-refractivity contribution in [2.75, 3.05) is 0 Å². The predicted octanol–water partition coefficient (Wildman–Crippen LogP) is 4.43. The van der Waals surface area contributed by atoms with Crippen LogP contribution in [0.15, 0.2) is 89.9 Å². The molecule has 3 aromatic carbocycles. The molecule has 0 bridgehead atoms. The molecule has 1 heterocycles. The van der Waals surface area contributed by atoms with Crippen molar-refractivity contribution in [1.82, 2.24) is 0 Å². The summed E-state index contributed by atoms with van der Waals surface area (Å²) in [7, 11) is -0.513. The highest BCUT2D eigenvalue weighted by atomic mass is 16.6. The molecule has 0 aliphatic carbocycles. The molecule has 0 spiro atoms. The summed E-state index contributed by atoms with van der Waals surface area (Å²) in [5.41, 5.74) is 4.04. The average molecular weight is 355 g/mol. The minimum absolute atomic E-state index is 0.0478. The summed E-state index contributed by atoms with van der Waals surface area (Å²) in [5, 5.41) is 0. The molecular weight excluding hydrogens is 333 g/mol. The van der Waals surface area contributed by atoms with E-state index in [2.05, 4.69) is 19.1 Å². The lowest BCUT2D eigenvalue weighted by Gasteiger charge is -2.25. The Morgan fingerprint density at radius 1 is 0.815 bits per heavy atom. The summed E-state index contributed by atoms with van der Waals surface area (Å²) in [6.45, 7) is 4.13. The Hall–Kier alpha value is -2.85. The zero-order valence-electron chi connectivity index (χ0n) is 15.6. The number of nitrogens with zero attached hydrogens (tertiary/aromatic N) is 1. The zero-order chi connectivity index (χ0) is 18.6. The van der Waals surface area contributed by atoms with Gasteiger partial charge in [-0.25, -0.2) is 0 Å². The van der Waals surface area contributed by atoms with Crippen molar-refractivity contribution in [3.8, 4) is 5.75 Å². The fraction of sp³-hybridized carbons (Fsp3) is 0.174. The first-order chi connectivity index (χ1) is 13.2. The molecule has 0 saturated heterocycles. The van der Waals surface area contributed by atoms with Gasteiger partial charge >= 0.3 is 7.12 Å². The lowest BCUT2D eigenvalue weighted by molar-refractivity contribution is 0.158. The monoisotopic (exact) mass is 355 g/mol. The van der Waals surface area contributed by atoms with E-state index in [-0.39, 0.29) is 12.1 Å². The molecule has 0 saturated carbocycles. The lowest BCUT2D eigenvalue weighted by Crippen LogP contribution is -2.42. The van der Waals surface area contributed by atoms with Crippen LogP contribution in [-0.2, 0) is 4.65 Å². The molecule has 1 aliphatic rings. The number of para-hydroxylation sites is 1. The quantitative estimate of drug-likeness (QED) is 0.637. The first-order valence-electron chi connectivity index (χ1n) is 9.28. The van der Waals surface area contributed by atoms with Gasteiger partial charge in [0.1, 0.15) is 5.75 Å². The highest BCUT2D eigenvalue weighted by Crippen LogP contribution is 2.29. The van der Waals surface area contributed by atoms with Crippen molar-refractivity contribution >= 4 is 18.3 Å². The maximum absolute atomic E-state index is 6.53. The molecule has 4 rings (SSSR count). The Bertz CT molecular complexity index is 927. The fourth-order valence-electron chi connectivity index (χ4n) is 3.46. The van der Waals surface area contributed by atoms with Gasteiger partial charge < -0.3 is 9.31 Å². The Kier molecular flexibility index (Phi) is 5.08. The van der Waals surface area contributed by atoms with E-state index in [0.717, 1.165) is 28.1 Å². The molecule has 0 amide bonds. The second-order valence-corrected chi connectivity index (χ2v) is 6.78. The highest BCUT2D eigenvalue weighted by Gasteiger charge is 2.33. The molecule has 1 aliphatic heterocycles. The third-order valence-corrected chi connectivity index (χ3v) is 4.82. The van der Waals surface area contributed by atoms with Gasteiger partial charge in [-0.3, -0.25) is 4.99 Å². The van der Waals surface area contributed by atoms with E-state index in [0.29, 0.717) is 0 Å². The van der Waals surface area contributed by atoms with Crippen LogP contribution in [0.5, 0.6) is 5.75 Å². The second-order valence-electron chi connectivity index (χ2n) is 6.78. The predicted molar refractivity (Wildman–Crippen MR) is 111 cm³/mol. The first-order valence-corrected chi connectivity index (χ1v) is 9.28. The van der Waals surface area contributed by atoms with Gasteiger partial charge in [-0.2, -0.15) is 0 Å². The summed E-state index contributed by atoms with van der Waals surface area (Å²) in [5.74, 6) is 0.786. The first kappa shape index (κ1) is 17.6. The van der Waals surface area contributed by atoms with Crippen molar-refractivity contribution in [3.05, 3.63) is 96.1 Å². The highest BCUT2D eigenvalue weighted by molar-refractivity contribution is 6.62. The van der Waals surface area contributed by atoms with Crippen molar-refractivity contribution in [2.24, 2.45) is 4.99 Å². The van der Waals surface area contributed by atoms with Crippen molar-refractivity contribution in [2.45, 2.75) is 26.0 Å². The largest absolute Gasteiger partial charge is 0.563 e. The molecule has 0 radical (unpaired) electrons. The number of hydrogen-bond acceptors (Lipinski definition) is 3. The van der Waals surface area contributed by atoms with E-state index in [1.807, 2.05) is 79.7 Å². The van der Waals surface area contributed by atoms with E-state index in [9.17, 15) is 0 Å². The van der Waals surface area contributed by atoms with E-state index in [1.54, 1.807) is 0 Å². The van der Waals surface area contributed by atoms with Crippen LogP contribution in [0.1, 0.15) is 31.1 Å². The molecule has 3 nitrogen and oxygen atoms in total. The molecule has 0 fully saturated rings. The summed E-state index contributed by atoms with van der Waals surface area (Å²) < 4.78 is 12.9. The van der Waals surface area contributed by atoms with Crippen LogP contribution < -0.4 is 10.1 Å². The molecule has 0 aromatic heterocycles. The average Bonchev–Trinajstić information content (AvgIpc) is 2.77. The van der Waals surface area contributed by atoms with Gasteiger partial charge in [0, 0.05) is 11.3 Å². The number of fused-ring (bicyclic) bond motifs is 1. The number of aliphatic imine (C=N–C) groups is 1. The van der Waals surface area contributed by atoms with Crippen LogP contribution in [0.25, 0.3) is 0 Å². The Morgan fingerprint density at radius 2 is 1.44 bits per heavy atom. The number of hydrogen-bond donors (Lipinski definition) is 0. The Morgan fingerprint density at radius 3 is 2.19 bits per heavy atom.